The summed E-state index contributed by atoms with van der Waals surface area (Å²) >= 11 is 1.31. The molecular formula is C17H17N3O5S2. The van der Waals surface area contributed by atoms with Gasteiger partial charge in [-0.3, -0.25) is 9.59 Å². The summed E-state index contributed by atoms with van der Waals surface area (Å²) in [4.78, 5) is 24.5. The molecule has 1 heterocycles. The Morgan fingerprint density at radius 3 is 2.78 bits per heavy atom. The molecule has 1 aliphatic rings. The zero-order chi connectivity index (χ0) is 19.6. The number of hydrogen-bond donors (Lipinski definition) is 3. The van der Waals surface area contributed by atoms with Gasteiger partial charge >= 0.3 is 0 Å². The lowest BCUT2D eigenvalue weighted by Gasteiger charge is -2.18. The Hall–Kier alpha value is -2.56. The van der Waals surface area contributed by atoms with Crippen molar-refractivity contribution in [2.24, 2.45) is 5.73 Å². The zero-order valence-electron chi connectivity index (χ0n) is 14.3. The third-order valence-electron chi connectivity index (χ3n) is 3.89. The van der Waals surface area contributed by atoms with E-state index in [4.69, 9.17) is 10.5 Å². The number of nitrogens with one attached hydrogen (secondary N) is 2. The highest BCUT2D eigenvalue weighted by molar-refractivity contribution is 8.00. The summed E-state index contributed by atoms with van der Waals surface area (Å²) in [6.45, 7) is 0. The fourth-order valence-electron chi connectivity index (χ4n) is 2.55. The van der Waals surface area contributed by atoms with Gasteiger partial charge in [0.1, 0.15) is 11.8 Å². The highest BCUT2D eigenvalue weighted by Gasteiger charge is 2.26. The van der Waals surface area contributed by atoms with E-state index in [1.54, 1.807) is 30.3 Å². The van der Waals surface area contributed by atoms with Gasteiger partial charge in [0.05, 0.1) is 23.4 Å². The molecule has 2 aromatic rings. The SMILES string of the molecule is COc1ccccc1C(N)C(=O)NS(=O)(=O)c1ccc2c(c1)NC(=O)CS2. The van der Waals surface area contributed by atoms with E-state index in [1.807, 2.05) is 4.72 Å². The number of nitrogens with two attached hydrogens (primary N) is 1. The molecule has 1 atom stereocenters. The van der Waals surface area contributed by atoms with Crippen LogP contribution in [0.5, 0.6) is 5.75 Å². The molecule has 0 aliphatic carbocycles. The lowest BCUT2D eigenvalue weighted by molar-refractivity contribution is -0.120. The van der Waals surface area contributed by atoms with Crippen LogP contribution in [-0.2, 0) is 19.6 Å². The molecule has 0 bridgehead atoms. The molecule has 2 amide bonds. The maximum Gasteiger partial charge on any atom is 0.264 e. The summed E-state index contributed by atoms with van der Waals surface area (Å²) in [5.41, 5.74) is 6.66. The van der Waals surface area contributed by atoms with Crippen LogP contribution in [0.2, 0.25) is 0 Å². The van der Waals surface area contributed by atoms with Crippen LogP contribution in [-0.4, -0.2) is 33.1 Å². The molecule has 27 heavy (non-hydrogen) atoms. The number of fused-ring (bicyclic) bond motifs is 1. The minimum atomic E-state index is -4.16. The molecule has 4 N–H and O–H groups in total. The molecule has 2 aromatic carbocycles. The predicted molar refractivity (Wildman–Crippen MR) is 101 cm³/mol. The van der Waals surface area contributed by atoms with E-state index in [-0.39, 0.29) is 16.6 Å². The Morgan fingerprint density at radius 1 is 1.30 bits per heavy atom. The Balaban J connectivity index is 1.83. The third-order valence-corrected chi connectivity index (χ3v) is 6.30. The van der Waals surface area contributed by atoms with Gasteiger partial charge in [-0.2, -0.15) is 0 Å². The average molecular weight is 407 g/mol. The number of amides is 2. The van der Waals surface area contributed by atoms with Crippen LogP contribution in [0.15, 0.2) is 52.3 Å². The maximum absolute atomic E-state index is 12.6. The van der Waals surface area contributed by atoms with Crippen molar-refractivity contribution in [3.8, 4) is 5.75 Å². The minimum absolute atomic E-state index is 0.148. The Morgan fingerprint density at radius 2 is 2.04 bits per heavy atom. The van der Waals surface area contributed by atoms with Crippen LogP contribution in [0, 0.1) is 0 Å². The topological polar surface area (TPSA) is 128 Å². The van der Waals surface area contributed by atoms with Crippen molar-refractivity contribution < 1.29 is 22.7 Å². The highest BCUT2D eigenvalue weighted by Crippen LogP contribution is 2.33. The Bertz CT molecular complexity index is 1010. The van der Waals surface area contributed by atoms with Gasteiger partial charge in [-0.25, -0.2) is 13.1 Å². The van der Waals surface area contributed by atoms with Gasteiger partial charge in [-0.05, 0) is 24.3 Å². The number of ether oxygens (including phenoxy) is 1. The maximum atomic E-state index is 12.6. The first-order chi connectivity index (χ1) is 12.8. The van der Waals surface area contributed by atoms with Crippen molar-refractivity contribution in [1.82, 2.24) is 4.72 Å². The minimum Gasteiger partial charge on any atom is -0.496 e. The van der Waals surface area contributed by atoms with Crippen molar-refractivity contribution in [2.45, 2.75) is 15.8 Å². The second-order valence-corrected chi connectivity index (χ2v) is 8.38. The normalized spacial score (nSPS) is 14.7. The molecule has 0 saturated heterocycles. The van der Waals surface area contributed by atoms with Crippen LogP contribution < -0.4 is 20.5 Å². The van der Waals surface area contributed by atoms with E-state index >= 15 is 0 Å². The first kappa shape index (κ1) is 19.2. The largest absolute Gasteiger partial charge is 0.496 e. The molecule has 1 unspecified atom stereocenters. The fraction of sp³-hybridized carbons (Fsp3) is 0.176. The van der Waals surface area contributed by atoms with Crippen molar-refractivity contribution in [2.75, 3.05) is 18.2 Å². The molecule has 0 radical (unpaired) electrons. The van der Waals surface area contributed by atoms with Crippen molar-refractivity contribution in [3.05, 3.63) is 48.0 Å². The molecule has 10 heteroatoms. The number of rotatable bonds is 5. The average Bonchev–Trinajstić information content (AvgIpc) is 2.66. The summed E-state index contributed by atoms with van der Waals surface area (Å²) in [5.74, 6) is -0.463. The smallest absolute Gasteiger partial charge is 0.264 e. The Kier molecular flexibility index (Phi) is 5.40. The first-order valence-corrected chi connectivity index (χ1v) is 10.3. The van der Waals surface area contributed by atoms with Gasteiger partial charge in [-0.15, -0.1) is 11.8 Å². The monoisotopic (exact) mass is 407 g/mol. The predicted octanol–water partition coefficient (Wildman–Crippen LogP) is 1.24. The standard InChI is InChI=1S/C17H17N3O5S2/c1-25-13-5-3-2-4-11(13)16(18)17(22)20-27(23,24)10-6-7-14-12(8-10)19-15(21)9-26-14/h2-8,16H,9,18H2,1H3,(H,19,21)(H,20,22). The van der Waals surface area contributed by atoms with Gasteiger partial charge in [-0.1, -0.05) is 18.2 Å². The van der Waals surface area contributed by atoms with E-state index < -0.39 is 22.0 Å². The number of carbonyl (C=O) groups excluding carboxylic acids is 2. The first-order valence-electron chi connectivity index (χ1n) is 7.83. The number of methoxy groups -OCH3 is 1. The van der Waals surface area contributed by atoms with Gasteiger partial charge in [0.15, 0.2) is 0 Å². The number of para-hydroxylation sites is 1. The second kappa shape index (κ2) is 7.59. The lowest BCUT2D eigenvalue weighted by Crippen LogP contribution is -2.38. The van der Waals surface area contributed by atoms with Crippen LogP contribution in [0.1, 0.15) is 11.6 Å². The number of carbonyl (C=O) groups is 2. The molecule has 8 nitrogen and oxygen atoms in total. The van der Waals surface area contributed by atoms with E-state index in [0.29, 0.717) is 17.0 Å². The van der Waals surface area contributed by atoms with E-state index in [1.165, 1.54) is 31.0 Å². The van der Waals surface area contributed by atoms with E-state index in [2.05, 4.69) is 5.32 Å². The van der Waals surface area contributed by atoms with Crippen molar-refractivity contribution >= 4 is 39.3 Å². The van der Waals surface area contributed by atoms with Crippen LogP contribution in [0.4, 0.5) is 5.69 Å². The zero-order valence-corrected chi connectivity index (χ0v) is 15.9. The quantitative estimate of drug-likeness (QED) is 0.680. The number of thioether (sulfide) groups is 1. The van der Waals surface area contributed by atoms with Crippen molar-refractivity contribution in [1.29, 1.82) is 0 Å². The molecule has 3 rings (SSSR count). The number of benzene rings is 2. The van der Waals surface area contributed by atoms with E-state index in [0.717, 1.165) is 4.90 Å². The number of anilines is 1. The summed E-state index contributed by atoms with van der Waals surface area (Å²) in [5, 5.41) is 2.61. The molecule has 0 fully saturated rings. The summed E-state index contributed by atoms with van der Waals surface area (Å²) in [6, 6.07) is 9.62. The second-order valence-electron chi connectivity index (χ2n) is 5.68. The van der Waals surface area contributed by atoms with Gasteiger partial charge in [0.2, 0.25) is 5.91 Å². The van der Waals surface area contributed by atoms with Gasteiger partial charge in [0.25, 0.3) is 15.9 Å². The van der Waals surface area contributed by atoms with Crippen LogP contribution >= 0.6 is 11.8 Å². The van der Waals surface area contributed by atoms with Gasteiger partial charge in [0, 0.05) is 10.5 Å². The van der Waals surface area contributed by atoms with Crippen LogP contribution in [0.3, 0.4) is 0 Å². The molecule has 0 saturated carbocycles. The summed E-state index contributed by atoms with van der Waals surface area (Å²) < 4.78 is 32.2. The number of sulfonamides is 1. The summed E-state index contributed by atoms with van der Waals surface area (Å²) in [6.07, 6.45) is 0. The van der Waals surface area contributed by atoms with Crippen molar-refractivity contribution in [3.63, 3.8) is 0 Å². The molecule has 142 valence electrons. The van der Waals surface area contributed by atoms with Gasteiger partial charge < -0.3 is 15.8 Å². The molecular weight excluding hydrogens is 390 g/mol. The third kappa shape index (κ3) is 4.07. The fourth-order valence-corrected chi connectivity index (χ4v) is 4.37. The van der Waals surface area contributed by atoms with E-state index in [9.17, 15) is 18.0 Å². The molecule has 0 aromatic heterocycles. The highest BCUT2D eigenvalue weighted by atomic mass is 32.2. The molecule has 0 spiro atoms. The Labute approximate surface area is 160 Å². The number of hydrogen-bond acceptors (Lipinski definition) is 7. The van der Waals surface area contributed by atoms with Crippen LogP contribution in [0.25, 0.3) is 0 Å². The summed E-state index contributed by atoms with van der Waals surface area (Å²) in [7, 11) is -2.73. The lowest BCUT2D eigenvalue weighted by atomic mass is 10.1. The molecule has 1 aliphatic heterocycles.